The van der Waals surface area contributed by atoms with Gasteiger partial charge < -0.3 is 20.0 Å². The molecule has 23 heavy (non-hydrogen) atoms. The van der Waals surface area contributed by atoms with Crippen molar-refractivity contribution in [2.24, 2.45) is 11.8 Å². The van der Waals surface area contributed by atoms with Crippen LogP contribution in [-0.4, -0.2) is 43.9 Å². The Labute approximate surface area is 137 Å². The van der Waals surface area contributed by atoms with Crippen LogP contribution in [0.1, 0.15) is 31.4 Å². The second kappa shape index (κ2) is 8.72. The van der Waals surface area contributed by atoms with Crippen molar-refractivity contribution in [2.45, 2.75) is 32.2 Å². The van der Waals surface area contributed by atoms with E-state index >= 15 is 0 Å². The minimum atomic E-state index is 0.00999. The van der Waals surface area contributed by atoms with Crippen LogP contribution >= 0.6 is 0 Å². The number of carbonyl (C=O) groups is 2. The number of likely N-dealkylation sites (N-methyl/N-ethyl adjacent to an activating group) is 1. The third kappa shape index (κ3) is 5.71. The van der Waals surface area contributed by atoms with E-state index in [0.717, 1.165) is 38.0 Å². The van der Waals surface area contributed by atoms with E-state index < -0.39 is 0 Å². The van der Waals surface area contributed by atoms with Gasteiger partial charge in [0.25, 0.3) is 0 Å². The van der Waals surface area contributed by atoms with Gasteiger partial charge in [0.2, 0.25) is 11.8 Å². The highest BCUT2D eigenvalue weighted by Crippen LogP contribution is 2.29. The minimum Gasteiger partial charge on any atom is -0.467 e. The van der Waals surface area contributed by atoms with Gasteiger partial charge >= 0.3 is 0 Å². The Morgan fingerprint density at radius 3 is 2.26 bits per heavy atom. The molecule has 0 saturated heterocycles. The molecule has 6 heteroatoms. The number of amides is 2. The van der Waals surface area contributed by atoms with Gasteiger partial charge in [0, 0.05) is 24.9 Å². The number of nitrogens with zero attached hydrogens (tertiary/aromatic N) is 1. The van der Waals surface area contributed by atoms with Crippen LogP contribution in [0.5, 0.6) is 0 Å². The Bertz CT molecular complexity index is 491. The molecular weight excluding hydrogens is 294 g/mol. The first-order chi connectivity index (χ1) is 11.1. The summed E-state index contributed by atoms with van der Waals surface area (Å²) in [6.45, 7) is 1.95. The van der Waals surface area contributed by atoms with Gasteiger partial charge in [0.1, 0.15) is 5.76 Å². The molecule has 0 atom stereocenters. The quantitative estimate of drug-likeness (QED) is 0.796. The molecule has 0 spiro atoms. The minimum absolute atomic E-state index is 0.00999. The second-order valence-electron chi connectivity index (χ2n) is 6.44. The summed E-state index contributed by atoms with van der Waals surface area (Å²) in [5.41, 5.74) is 0. The van der Waals surface area contributed by atoms with Crippen LogP contribution in [0.3, 0.4) is 0 Å². The predicted octanol–water partition coefficient (Wildman–Crippen LogP) is 1.38. The largest absolute Gasteiger partial charge is 0.467 e. The lowest BCUT2D eigenvalue weighted by Crippen LogP contribution is -2.39. The van der Waals surface area contributed by atoms with Crippen LogP contribution in [0, 0.1) is 11.8 Å². The third-order valence-electron chi connectivity index (χ3n) is 4.34. The van der Waals surface area contributed by atoms with Crippen molar-refractivity contribution in [3.63, 3.8) is 0 Å². The molecule has 0 aliphatic heterocycles. The Morgan fingerprint density at radius 1 is 1.13 bits per heavy atom. The van der Waals surface area contributed by atoms with Crippen molar-refractivity contribution in [1.82, 2.24) is 15.5 Å². The average molecular weight is 321 g/mol. The van der Waals surface area contributed by atoms with Gasteiger partial charge in [0.15, 0.2) is 0 Å². The highest BCUT2D eigenvalue weighted by Gasteiger charge is 2.29. The Morgan fingerprint density at radius 2 is 1.74 bits per heavy atom. The van der Waals surface area contributed by atoms with Crippen LogP contribution in [0.4, 0.5) is 0 Å². The maximum absolute atomic E-state index is 12.2. The fraction of sp³-hybridized carbons (Fsp3) is 0.647. The molecule has 1 fully saturated rings. The smallest absolute Gasteiger partial charge is 0.223 e. The highest BCUT2D eigenvalue weighted by atomic mass is 16.3. The van der Waals surface area contributed by atoms with E-state index in [1.165, 1.54) is 0 Å². The van der Waals surface area contributed by atoms with E-state index in [4.69, 9.17) is 4.42 Å². The van der Waals surface area contributed by atoms with E-state index in [-0.39, 0.29) is 23.7 Å². The molecule has 2 rings (SSSR count). The normalized spacial score (nSPS) is 21.2. The van der Waals surface area contributed by atoms with Crippen LogP contribution in [0.2, 0.25) is 0 Å². The monoisotopic (exact) mass is 321 g/mol. The van der Waals surface area contributed by atoms with Crippen LogP contribution < -0.4 is 10.6 Å². The zero-order chi connectivity index (χ0) is 16.7. The van der Waals surface area contributed by atoms with Gasteiger partial charge in [-0.1, -0.05) is 0 Å². The number of hydrogen-bond donors (Lipinski definition) is 2. The molecule has 1 aromatic rings. The summed E-state index contributed by atoms with van der Waals surface area (Å²) < 4.78 is 5.20. The lowest BCUT2D eigenvalue weighted by atomic mass is 9.81. The molecule has 1 aliphatic carbocycles. The Balaban J connectivity index is 1.66. The van der Waals surface area contributed by atoms with Crippen LogP contribution in [0.15, 0.2) is 22.8 Å². The molecule has 2 N–H and O–H groups in total. The summed E-state index contributed by atoms with van der Waals surface area (Å²) >= 11 is 0. The first-order valence-corrected chi connectivity index (χ1v) is 8.29. The molecule has 0 bridgehead atoms. The van der Waals surface area contributed by atoms with Crippen molar-refractivity contribution in [3.05, 3.63) is 24.2 Å². The molecule has 0 radical (unpaired) electrons. The highest BCUT2D eigenvalue weighted by molar-refractivity contribution is 5.81. The lowest BCUT2D eigenvalue weighted by molar-refractivity contribution is -0.130. The second-order valence-corrected chi connectivity index (χ2v) is 6.44. The summed E-state index contributed by atoms with van der Waals surface area (Å²) in [4.78, 5) is 26.3. The first kappa shape index (κ1) is 17.5. The fourth-order valence-corrected chi connectivity index (χ4v) is 2.90. The lowest BCUT2D eigenvalue weighted by Gasteiger charge is -2.27. The predicted molar refractivity (Wildman–Crippen MR) is 87.6 cm³/mol. The SMILES string of the molecule is CN(C)CCNC(=O)C1CCC(C(=O)NCc2ccco2)CC1. The van der Waals surface area contributed by atoms with Gasteiger partial charge in [-0.2, -0.15) is 0 Å². The van der Waals surface area contributed by atoms with Gasteiger partial charge in [0.05, 0.1) is 12.8 Å². The molecule has 1 aliphatic rings. The number of nitrogens with one attached hydrogen (secondary N) is 2. The van der Waals surface area contributed by atoms with Gasteiger partial charge in [-0.05, 0) is 51.9 Å². The first-order valence-electron chi connectivity index (χ1n) is 8.29. The van der Waals surface area contributed by atoms with Crippen molar-refractivity contribution in [3.8, 4) is 0 Å². The van der Waals surface area contributed by atoms with E-state index in [1.54, 1.807) is 6.26 Å². The zero-order valence-electron chi connectivity index (χ0n) is 14.0. The average Bonchev–Trinajstić information content (AvgIpc) is 3.05. The Hall–Kier alpha value is -1.82. The number of hydrogen-bond acceptors (Lipinski definition) is 4. The topological polar surface area (TPSA) is 74.6 Å². The number of rotatable bonds is 7. The molecule has 1 heterocycles. The molecule has 1 saturated carbocycles. The van der Waals surface area contributed by atoms with E-state index in [9.17, 15) is 9.59 Å². The van der Waals surface area contributed by atoms with Crippen molar-refractivity contribution >= 4 is 11.8 Å². The standard InChI is InChI=1S/C17H27N3O3/c1-20(2)10-9-18-16(21)13-5-7-14(8-6-13)17(22)19-12-15-4-3-11-23-15/h3-4,11,13-14H,5-10,12H2,1-2H3,(H,18,21)(H,19,22). The summed E-state index contributed by atoms with van der Waals surface area (Å²) in [6.07, 6.45) is 4.71. The van der Waals surface area contributed by atoms with Crippen LogP contribution in [0.25, 0.3) is 0 Å². The summed E-state index contributed by atoms with van der Waals surface area (Å²) in [6, 6.07) is 3.65. The molecule has 128 valence electrons. The molecule has 6 nitrogen and oxygen atoms in total. The molecule has 0 unspecified atom stereocenters. The maximum Gasteiger partial charge on any atom is 0.223 e. The van der Waals surface area contributed by atoms with Crippen molar-refractivity contribution < 1.29 is 14.0 Å². The van der Waals surface area contributed by atoms with Crippen molar-refractivity contribution in [1.29, 1.82) is 0 Å². The van der Waals surface area contributed by atoms with Gasteiger partial charge in [-0.15, -0.1) is 0 Å². The summed E-state index contributed by atoms with van der Waals surface area (Å²) in [5, 5.41) is 5.88. The molecule has 1 aromatic heterocycles. The zero-order valence-corrected chi connectivity index (χ0v) is 14.0. The molecule has 2 amide bonds. The third-order valence-corrected chi connectivity index (χ3v) is 4.34. The van der Waals surface area contributed by atoms with E-state index in [1.807, 2.05) is 31.1 Å². The van der Waals surface area contributed by atoms with Crippen molar-refractivity contribution in [2.75, 3.05) is 27.2 Å². The fourth-order valence-electron chi connectivity index (χ4n) is 2.90. The molecular formula is C17H27N3O3. The van der Waals surface area contributed by atoms with Gasteiger partial charge in [-0.25, -0.2) is 0 Å². The van der Waals surface area contributed by atoms with Crippen LogP contribution in [-0.2, 0) is 16.1 Å². The molecule has 0 aromatic carbocycles. The Kier molecular flexibility index (Phi) is 6.65. The van der Waals surface area contributed by atoms with Gasteiger partial charge in [-0.3, -0.25) is 9.59 Å². The summed E-state index contributed by atoms with van der Waals surface area (Å²) in [7, 11) is 3.97. The number of furan rings is 1. The summed E-state index contributed by atoms with van der Waals surface area (Å²) in [5.74, 6) is 1.00. The van der Waals surface area contributed by atoms with E-state index in [0.29, 0.717) is 13.1 Å². The maximum atomic E-state index is 12.2. The van der Waals surface area contributed by atoms with E-state index in [2.05, 4.69) is 10.6 Å². The number of carbonyl (C=O) groups excluding carboxylic acids is 2.